The van der Waals surface area contributed by atoms with Gasteiger partial charge in [-0.3, -0.25) is 0 Å². The maximum Gasteiger partial charge on any atom is 0.0243 e. The highest BCUT2D eigenvalue weighted by Gasteiger charge is 2.09. The lowest BCUT2D eigenvalue weighted by Crippen LogP contribution is -1.93. The zero-order chi connectivity index (χ0) is 8.55. The van der Waals surface area contributed by atoms with Crippen molar-refractivity contribution in [2.24, 2.45) is 0 Å². The molecule has 1 heterocycles. The predicted molar refractivity (Wildman–Crippen MR) is 63.7 cm³/mol. The highest BCUT2D eigenvalue weighted by Crippen LogP contribution is 2.32. The van der Waals surface area contributed by atoms with Gasteiger partial charge in [0.25, 0.3) is 0 Å². The molecule has 0 fully saturated rings. The standard InChI is InChI=1S/C10H9IS/c1-7-4-5-9-8(10(7)11)3-2-6-12-9/h2-5H,6H2,1H3. The van der Waals surface area contributed by atoms with E-state index in [4.69, 9.17) is 0 Å². The highest BCUT2D eigenvalue weighted by molar-refractivity contribution is 14.1. The fourth-order valence-electron chi connectivity index (χ4n) is 1.27. The van der Waals surface area contributed by atoms with E-state index < -0.39 is 0 Å². The lowest BCUT2D eigenvalue weighted by Gasteiger charge is -2.12. The van der Waals surface area contributed by atoms with Crippen LogP contribution in [-0.4, -0.2) is 5.75 Å². The molecule has 2 heteroatoms. The molecule has 1 aliphatic rings. The molecule has 0 nitrogen and oxygen atoms in total. The first-order valence-electron chi connectivity index (χ1n) is 3.87. The van der Waals surface area contributed by atoms with Crippen LogP contribution in [0, 0.1) is 10.5 Å². The summed E-state index contributed by atoms with van der Waals surface area (Å²) in [5.41, 5.74) is 2.79. The minimum absolute atomic E-state index is 1.12. The van der Waals surface area contributed by atoms with Crippen molar-refractivity contribution in [2.45, 2.75) is 11.8 Å². The van der Waals surface area contributed by atoms with Crippen molar-refractivity contribution in [3.05, 3.63) is 32.9 Å². The van der Waals surface area contributed by atoms with E-state index >= 15 is 0 Å². The molecule has 0 saturated heterocycles. The number of rotatable bonds is 0. The highest BCUT2D eigenvalue weighted by atomic mass is 127. The quantitative estimate of drug-likeness (QED) is 0.656. The second-order valence-electron chi connectivity index (χ2n) is 2.82. The fourth-order valence-corrected chi connectivity index (χ4v) is 2.96. The van der Waals surface area contributed by atoms with Crippen LogP contribution < -0.4 is 0 Å². The van der Waals surface area contributed by atoms with Crippen molar-refractivity contribution < 1.29 is 0 Å². The zero-order valence-electron chi connectivity index (χ0n) is 6.80. The molecule has 1 aromatic rings. The van der Waals surface area contributed by atoms with E-state index in [9.17, 15) is 0 Å². The largest absolute Gasteiger partial charge is 0.121 e. The van der Waals surface area contributed by atoms with Crippen LogP contribution in [0.25, 0.3) is 6.08 Å². The van der Waals surface area contributed by atoms with E-state index in [1.165, 1.54) is 19.6 Å². The SMILES string of the molecule is Cc1ccc2c(c1I)C=CCS2. The van der Waals surface area contributed by atoms with Crippen molar-refractivity contribution in [1.29, 1.82) is 0 Å². The molecule has 0 saturated carbocycles. The molecular weight excluding hydrogens is 279 g/mol. The Balaban J connectivity index is 2.64. The maximum atomic E-state index is 2.42. The summed E-state index contributed by atoms with van der Waals surface area (Å²) in [7, 11) is 0. The fraction of sp³-hybridized carbons (Fsp3) is 0.200. The number of hydrogen-bond donors (Lipinski definition) is 0. The Morgan fingerprint density at radius 2 is 2.25 bits per heavy atom. The molecule has 0 radical (unpaired) electrons. The van der Waals surface area contributed by atoms with Crippen LogP contribution in [-0.2, 0) is 0 Å². The maximum absolute atomic E-state index is 2.42. The molecule has 2 rings (SSSR count). The first kappa shape index (κ1) is 8.63. The van der Waals surface area contributed by atoms with Crippen molar-refractivity contribution in [1.82, 2.24) is 0 Å². The number of hydrogen-bond acceptors (Lipinski definition) is 1. The Hall–Kier alpha value is 0.0400. The van der Waals surface area contributed by atoms with Crippen LogP contribution in [0.5, 0.6) is 0 Å². The second kappa shape index (κ2) is 3.42. The molecule has 12 heavy (non-hydrogen) atoms. The molecule has 0 unspecified atom stereocenters. The molecule has 0 aliphatic carbocycles. The number of fused-ring (bicyclic) bond motifs is 1. The van der Waals surface area contributed by atoms with Gasteiger partial charge < -0.3 is 0 Å². The number of halogens is 1. The van der Waals surface area contributed by atoms with Gasteiger partial charge in [0, 0.05) is 19.8 Å². The van der Waals surface area contributed by atoms with Crippen LogP contribution >= 0.6 is 34.4 Å². The van der Waals surface area contributed by atoms with Crippen LogP contribution in [0.2, 0.25) is 0 Å². The number of benzene rings is 1. The van der Waals surface area contributed by atoms with Gasteiger partial charge in [-0.2, -0.15) is 0 Å². The summed E-state index contributed by atoms with van der Waals surface area (Å²) in [5.74, 6) is 1.12. The molecule has 0 spiro atoms. The second-order valence-corrected chi connectivity index (χ2v) is 4.96. The van der Waals surface area contributed by atoms with Crippen LogP contribution in [0.1, 0.15) is 11.1 Å². The first-order chi connectivity index (χ1) is 5.79. The third-order valence-electron chi connectivity index (χ3n) is 1.95. The van der Waals surface area contributed by atoms with Gasteiger partial charge in [0.15, 0.2) is 0 Å². The van der Waals surface area contributed by atoms with Gasteiger partial charge in [-0.1, -0.05) is 18.2 Å². The first-order valence-corrected chi connectivity index (χ1v) is 5.94. The molecular formula is C10H9IS. The van der Waals surface area contributed by atoms with Gasteiger partial charge in [-0.05, 0) is 41.1 Å². The van der Waals surface area contributed by atoms with E-state index in [-0.39, 0.29) is 0 Å². The molecule has 0 amide bonds. The molecule has 0 atom stereocenters. The van der Waals surface area contributed by atoms with E-state index in [1.807, 2.05) is 11.8 Å². The molecule has 1 aliphatic heterocycles. The van der Waals surface area contributed by atoms with Gasteiger partial charge >= 0.3 is 0 Å². The smallest absolute Gasteiger partial charge is 0.0243 e. The Morgan fingerprint density at radius 1 is 1.42 bits per heavy atom. The summed E-state index contributed by atoms with van der Waals surface area (Å²) in [4.78, 5) is 1.42. The zero-order valence-corrected chi connectivity index (χ0v) is 9.78. The van der Waals surface area contributed by atoms with Crippen molar-refractivity contribution in [2.75, 3.05) is 5.75 Å². The Morgan fingerprint density at radius 3 is 3.08 bits per heavy atom. The third kappa shape index (κ3) is 1.42. The minimum Gasteiger partial charge on any atom is -0.121 e. The lowest BCUT2D eigenvalue weighted by molar-refractivity contribution is 1.30. The summed E-state index contributed by atoms with van der Waals surface area (Å²) >= 11 is 4.34. The predicted octanol–water partition coefficient (Wildman–Crippen LogP) is 3.72. The van der Waals surface area contributed by atoms with E-state index in [0.29, 0.717) is 0 Å². The molecule has 0 N–H and O–H groups in total. The molecule has 1 aromatic carbocycles. The van der Waals surface area contributed by atoms with Crippen LogP contribution in [0.4, 0.5) is 0 Å². The van der Waals surface area contributed by atoms with Crippen LogP contribution in [0.3, 0.4) is 0 Å². The van der Waals surface area contributed by atoms with Crippen LogP contribution in [0.15, 0.2) is 23.1 Å². The topological polar surface area (TPSA) is 0 Å². The number of thioether (sulfide) groups is 1. The van der Waals surface area contributed by atoms with Gasteiger partial charge in [0.2, 0.25) is 0 Å². The van der Waals surface area contributed by atoms with Gasteiger partial charge in [-0.25, -0.2) is 0 Å². The normalized spacial score (nSPS) is 14.5. The number of aryl methyl sites for hydroxylation is 1. The molecule has 0 aromatic heterocycles. The van der Waals surface area contributed by atoms with Crippen molar-refractivity contribution >= 4 is 40.4 Å². The van der Waals surface area contributed by atoms with E-state index in [2.05, 4.69) is 53.8 Å². The monoisotopic (exact) mass is 288 g/mol. The van der Waals surface area contributed by atoms with Gasteiger partial charge in [0.1, 0.15) is 0 Å². The average Bonchev–Trinajstić information content (AvgIpc) is 2.12. The Kier molecular flexibility index (Phi) is 2.46. The van der Waals surface area contributed by atoms with Gasteiger partial charge in [0.05, 0.1) is 0 Å². The lowest BCUT2D eigenvalue weighted by atomic mass is 10.1. The third-order valence-corrected chi connectivity index (χ3v) is 4.41. The minimum atomic E-state index is 1.12. The average molecular weight is 288 g/mol. The summed E-state index contributed by atoms with van der Waals surface area (Å²) in [5, 5.41) is 0. The van der Waals surface area contributed by atoms with Crippen molar-refractivity contribution in [3.63, 3.8) is 0 Å². The summed E-state index contributed by atoms with van der Waals surface area (Å²) in [6.45, 7) is 2.16. The Bertz CT molecular complexity index is 342. The summed E-state index contributed by atoms with van der Waals surface area (Å²) in [6.07, 6.45) is 4.47. The van der Waals surface area contributed by atoms with E-state index in [1.54, 1.807) is 0 Å². The van der Waals surface area contributed by atoms with Gasteiger partial charge in [-0.15, -0.1) is 11.8 Å². The summed E-state index contributed by atoms with van der Waals surface area (Å²) in [6, 6.07) is 4.42. The molecule has 0 bridgehead atoms. The van der Waals surface area contributed by atoms with Crippen molar-refractivity contribution in [3.8, 4) is 0 Å². The molecule has 62 valence electrons. The summed E-state index contributed by atoms with van der Waals surface area (Å²) < 4.78 is 1.40. The van der Waals surface area contributed by atoms with E-state index in [0.717, 1.165) is 5.75 Å². The Labute approximate surface area is 90.6 Å².